The molecule has 0 saturated carbocycles. The molecule has 1 heterocycles. The Balaban J connectivity index is 2.45. The largest absolute Gasteiger partial charge is 0.464 e. The second-order valence-electron chi connectivity index (χ2n) is 4.08. The van der Waals surface area contributed by atoms with Crippen molar-refractivity contribution >= 4 is 11.0 Å². The number of fused-ring (bicyclic) bond motifs is 1. The van der Waals surface area contributed by atoms with E-state index in [1.54, 1.807) is 7.05 Å². The van der Waals surface area contributed by atoms with Crippen molar-refractivity contribution < 1.29 is 13.2 Å². The minimum absolute atomic E-state index is 0.0725. The third-order valence-electron chi connectivity index (χ3n) is 3.09. The zero-order valence-corrected chi connectivity index (χ0v) is 9.89. The van der Waals surface area contributed by atoms with Gasteiger partial charge in [0.25, 0.3) is 0 Å². The van der Waals surface area contributed by atoms with Gasteiger partial charge in [-0.25, -0.2) is 8.78 Å². The Bertz CT molecular complexity index is 517. The number of likely N-dealkylation sites (N-methyl/N-ethyl adjacent to an activating group) is 1. The van der Waals surface area contributed by atoms with Gasteiger partial charge in [-0.1, -0.05) is 6.92 Å². The summed E-state index contributed by atoms with van der Waals surface area (Å²) in [5.74, 6) is -1.05. The van der Waals surface area contributed by atoms with Crippen LogP contribution in [0.1, 0.15) is 18.9 Å². The van der Waals surface area contributed by atoms with E-state index in [1.807, 2.05) is 6.92 Å². The molecule has 0 spiro atoms. The summed E-state index contributed by atoms with van der Waals surface area (Å²) in [6.45, 7) is 1.98. The molecule has 4 heteroatoms. The smallest absolute Gasteiger partial charge is 0.140 e. The van der Waals surface area contributed by atoms with E-state index in [0.717, 1.165) is 6.42 Å². The first-order chi connectivity index (χ1) is 8.17. The lowest BCUT2D eigenvalue weighted by Crippen LogP contribution is -2.27. The fourth-order valence-corrected chi connectivity index (χ4v) is 1.97. The summed E-state index contributed by atoms with van der Waals surface area (Å²) in [6.07, 6.45) is 2.52. The van der Waals surface area contributed by atoms with Crippen molar-refractivity contribution in [1.29, 1.82) is 0 Å². The highest BCUT2D eigenvalue weighted by molar-refractivity contribution is 5.78. The summed E-state index contributed by atoms with van der Waals surface area (Å²) in [7, 11) is 1.79. The molecule has 1 aromatic heterocycles. The SMILES string of the molecule is CC[C@@H](Cc1c(F)cc2occc2c1F)NC. The van der Waals surface area contributed by atoms with Crippen LogP contribution < -0.4 is 5.32 Å². The van der Waals surface area contributed by atoms with Crippen LogP contribution in [-0.2, 0) is 6.42 Å². The quantitative estimate of drug-likeness (QED) is 0.886. The van der Waals surface area contributed by atoms with Gasteiger partial charge in [0.2, 0.25) is 0 Å². The van der Waals surface area contributed by atoms with E-state index in [4.69, 9.17) is 4.42 Å². The maximum absolute atomic E-state index is 14.1. The Hall–Kier alpha value is -1.42. The number of nitrogens with one attached hydrogen (secondary N) is 1. The molecule has 0 aliphatic carbocycles. The van der Waals surface area contributed by atoms with Crippen LogP contribution in [0.15, 0.2) is 22.8 Å². The Morgan fingerprint density at radius 3 is 2.82 bits per heavy atom. The summed E-state index contributed by atoms with van der Waals surface area (Å²) in [4.78, 5) is 0. The third kappa shape index (κ3) is 2.17. The van der Waals surface area contributed by atoms with Crippen molar-refractivity contribution in [1.82, 2.24) is 5.32 Å². The molecule has 0 saturated heterocycles. The van der Waals surface area contributed by atoms with Crippen molar-refractivity contribution in [2.45, 2.75) is 25.8 Å². The molecule has 0 radical (unpaired) electrons. The maximum atomic E-state index is 14.1. The van der Waals surface area contributed by atoms with Gasteiger partial charge in [-0.15, -0.1) is 0 Å². The van der Waals surface area contributed by atoms with E-state index < -0.39 is 11.6 Å². The zero-order valence-electron chi connectivity index (χ0n) is 9.89. The molecule has 0 unspecified atom stereocenters. The number of hydrogen-bond donors (Lipinski definition) is 1. The Kier molecular flexibility index (Phi) is 3.43. The van der Waals surface area contributed by atoms with E-state index in [1.165, 1.54) is 18.4 Å². The van der Waals surface area contributed by atoms with E-state index in [2.05, 4.69) is 5.32 Å². The van der Waals surface area contributed by atoms with Crippen LogP contribution in [0.2, 0.25) is 0 Å². The van der Waals surface area contributed by atoms with Crippen LogP contribution in [0.5, 0.6) is 0 Å². The van der Waals surface area contributed by atoms with Gasteiger partial charge in [-0.3, -0.25) is 0 Å². The van der Waals surface area contributed by atoms with Gasteiger partial charge in [0, 0.05) is 17.7 Å². The van der Waals surface area contributed by atoms with Gasteiger partial charge in [-0.2, -0.15) is 0 Å². The fraction of sp³-hybridized carbons (Fsp3) is 0.385. The third-order valence-corrected chi connectivity index (χ3v) is 3.09. The summed E-state index contributed by atoms with van der Waals surface area (Å²) < 4.78 is 32.8. The van der Waals surface area contributed by atoms with Crippen LogP contribution in [-0.4, -0.2) is 13.1 Å². The lowest BCUT2D eigenvalue weighted by molar-refractivity contribution is 0.497. The molecule has 1 N–H and O–H groups in total. The minimum Gasteiger partial charge on any atom is -0.464 e. The predicted molar refractivity (Wildman–Crippen MR) is 63.0 cm³/mol. The van der Waals surface area contributed by atoms with Crippen LogP contribution in [0, 0.1) is 11.6 Å². The summed E-state index contributed by atoms with van der Waals surface area (Å²) in [5, 5.41) is 3.38. The van der Waals surface area contributed by atoms with E-state index >= 15 is 0 Å². The first kappa shape index (κ1) is 12.0. The first-order valence-corrected chi connectivity index (χ1v) is 5.68. The minimum atomic E-state index is -0.543. The average Bonchev–Trinajstić information content (AvgIpc) is 2.77. The molecule has 17 heavy (non-hydrogen) atoms. The molecule has 0 fully saturated rings. The standard InChI is InChI=1S/C13H15F2NO/c1-3-8(16-2)6-10-11(14)7-12-9(13(10)15)4-5-17-12/h4-5,7-8,16H,3,6H2,1-2H3/t8-/m0/s1. The number of rotatable bonds is 4. The van der Waals surface area contributed by atoms with Gasteiger partial charge in [-0.05, 0) is 26.0 Å². The Morgan fingerprint density at radius 2 is 2.18 bits per heavy atom. The number of benzene rings is 1. The van der Waals surface area contributed by atoms with Crippen LogP contribution in [0.3, 0.4) is 0 Å². The van der Waals surface area contributed by atoms with Crippen molar-refractivity contribution in [2.24, 2.45) is 0 Å². The topological polar surface area (TPSA) is 25.2 Å². The zero-order chi connectivity index (χ0) is 12.4. The number of halogens is 2. The summed E-state index contributed by atoms with van der Waals surface area (Å²) in [5.41, 5.74) is 0.376. The highest BCUT2D eigenvalue weighted by Crippen LogP contribution is 2.26. The monoisotopic (exact) mass is 239 g/mol. The van der Waals surface area contributed by atoms with Crippen LogP contribution in [0.4, 0.5) is 8.78 Å². The molecule has 0 aliphatic rings. The molecular weight excluding hydrogens is 224 g/mol. The van der Waals surface area contributed by atoms with Crippen LogP contribution in [0.25, 0.3) is 11.0 Å². The highest BCUT2D eigenvalue weighted by Gasteiger charge is 2.17. The highest BCUT2D eigenvalue weighted by atomic mass is 19.1. The van der Waals surface area contributed by atoms with Crippen molar-refractivity contribution in [3.63, 3.8) is 0 Å². The summed E-state index contributed by atoms with van der Waals surface area (Å²) in [6, 6.07) is 2.84. The van der Waals surface area contributed by atoms with Crippen molar-refractivity contribution in [3.8, 4) is 0 Å². The van der Waals surface area contributed by atoms with Gasteiger partial charge < -0.3 is 9.73 Å². The van der Waals surface area contributed by atoms with Crippen molar-refractivity contribution in [3.05, 3.63) is 35.6 Å². The van der Waals surface area contributed by atoms with Gasteiger partial charge in [0.05, 0.1) is 11.6 Å². The molecule has 0 aliphatic heterocycles. The Morgan fingerprint density at radius 1 is 1.41 bits per heavy atom. The van der Waals surface area contributed by atoms with E-state index in [-0.39, 0.29) is 17.2 Å². The lowest BCUT2D eigenvalue weighted by Gasteiger charge is -2.14. The normalized spacial score (nSPS) is 13.2. The van der Waals surface area contributed by atoms with E-state index in [9.17, 15) is 8.78 Å². The molecular formula is C13H15F2NO. The predicted octanol–water partition coefficient (Wildman–Crippen LogP) is 3.25. The van der Waals surface area contributed by atoms with Gasteiger partial charge in [0.15, 0.2) is 0 Å². The summed E-state index contributed by atoms with van der Waals surface area (Å²) >= 11 is 0. The number of furan rings is 1. The molecule has 2 rings (SSSR count). The molecule has 2 aromatic rings. The first-order valence-electron chi connectivity index (χ1n) is 5.68. The second-order valence-corrected chi connectivity index (χ2v) is 4.08. The van der Waals surface area contributed by atoms with Gasteiger partial charge in [0.1, 0.15) is 17.2 Å². The van der Waals surface area contributed by atoms with Crippen molar-refractivity contribution in [2.75, 3.05) is 7.05 Å². The number of hydrogen-bond acceptors (Lipinski definition) is 2. The Labute approximate surface area is 98.6 Å². The molecule has 2 nitrogen and oxygen atoms in total. The lowest BCUT2D eigenvalue weighted by atomic mass is 10.0. The van der Waals surface area contributed by atoms with E-state index in [0.29, 0.717) is 11.8 Å². The molecule has 92 valence electrons. The molecule has 1 atom stereocenters. The molecule has 1 aromatic carbocycles. The molecule has 0 amide bonds. The van der Waals surface area contributed by atoms with Gasteiger partial charge >= 0.3 is 0 Å². The fourth-order valence-electron chi connectivity index (χ4n) is 1.97. The average molecular weight is 239 g/mol. The maximum Gasteiger partial charge on any atom is 0.140 e. The van der Waals surface area contributed by atoms with Crippen LogP contribution >= 0.6 is 0 Å². The molecule has 0 bridgehead atoms. The second kappa shape index (κ2) is 4.84.